The number of aromatic nitrogens is 2. The van der Waals surface area contributed by atoms with E-state index in [1.54, 1.807) is 11.1 Å². The number of halogens is 1. The molecule has 2 aromatic rings. The smallest absolute Gasteiger partial charge is 0.410 e. The average molecular weight is 378 g/mol. The quantitative estimate of drug-likeness (QED) is 0.803. The molecule has 122 valence electrons. The predicted octanol–water partition coefficient (Wildman–Crippen LogP) is 4.35. The molecule has 3 rings (SSSR count). The lowest BCUT2D eigenvalue weighted by molar-refractivity contribution is 0.0270. The maximum Gasteiger partial charge on any atom is 0.410 e. The summed E-state index contributed by atoms with van der Waals surface area (Å²) in [5, 5.41) is 1.09. The van der Waals surface area contributed by atoms with Crippen molar-refractivity contribution in [2.45, 2.75) is 32.8 Å². The molecule has 0 unspecified atom stereocenters. The fraction of sp³-hybridized carbons (Fsp3) is 0.412. The minimum Gasteiger partial charge on any atom is -0.444 e. The third kappa shape index (κ3) is 3.58. The van der Waals surface area contributed by atoms with Gasteiger partial charge in [0.2, 0.25) is 0 Å². The van der Waals surface area contributed by atoms with Crippen LogP contribution in [-0.4, -0.2) is 39.7 Å². The molecule has 0 spiro atoms. The van der Waals surface area contributed by atoms with Crippen LogP contribution in [0.15, 0.2) is 29.0 Å². The van der Waals surface area contributed by atoms with Crippen LogP contribution in [0, 0.1) is 0 Å². The van der Waals surface area contributed by atoms with Gasteiger partial charge in [-0.2, -0.15) is 0 Å². The molecule has 0 aromatic carbocycles. The van der Waals surface area contributed by atoms with Crippen molar-refractivity contribution < 1.29 is 9.53 Å². The monoisotopic (exact) mass is 377 g/mol. The van der Waals surface area contributed by atoms with E-state index in [0.29, 0.717) is 13.1 Å². The molecule has 0 bridgehead atoms. The van der Waals surface area contributed by atoms with Crippen molar-refractivity contribution >= 4 is 38.6 Å². The molecule has 5 nitrogen and oxygen atoms in total. The maximum absolute atomic E-state index is 12.1. The van der Waals surface area contributed by atoms with Crippen molar-refractivity contribution in [3.05, 3.63) is 34.6 Å². The summed E-state index contributed by atoms with van der Waals surface area (Å²) < 4.78 is 6.38. The second kappa shape index (κ2) is 6.00. The molecule has 0 atom stereocenters. The zero-order chi connectivity index (χ0) is 16.6. The molecule has 0 fully saturated rings. The van der Waals surface area contributed by atoms with E-state index in [0.717, 1.165) is 27.5 Å². The molecule has 1 amide bonds. The minimum atomic E-state index is -0.462. The van der Waals surface area contributed by atoms with E-state index >= 15 is 0 Å². The molecule has 2 aromatic heterocycles. The molecule has 0 aliphatic carbocycles. The van der Waals surface area contributed by atoms with Crippen molar-refractivity contribution in [1.29, 1.82) is 0 Å². The highest BCUT2D eigenvalue weighted by molar-refractivity contribution is 9.10. The Bertz CT molecular complexity index is 774. The first kappa shape index (κ1) is 16.1. The second-order valence-corrected chi connectivity index (χ2v) is 7.57. The normalized spacial score (nSPS) is 15.7. The molecule has 1 N–H and O–H groups in total. The lowest BCUT2D eigenvalue weighted by Crippen LogP contribution is -2.39. The summed E-state index contributed by atoms with van der Waals surface area (Å²) in [6.07, 6.45) is 6.41. The molecule has 0 saturated heterocycles. The van der Waals surface area contributed by atoms with Crippen molar-refractivity contribution in [3.8, 4) is 0 Å². The molecular weight excluding hydrogens is 358 g/mol. The summed E-state index contributed by atoms with van der Waals surface area (Å²) in [5.74, 6) is 0. The molecule has 1 aliphatic rings. The highest BCUT2D eigenvalue weighted by atomic mass is 79.9. The topological polar surface area (TPSA) is 58.2 Å². The van der Waals surface area contributed by atoms with E-state index in [1.807, 2.05) is 27.0 Å². The average Bonchev–Trinajstić information content (AvgIpc) is 2.88. The lowest BCUT2D eigenvalue weighted by atomic mass is 10.00. The van der Waals surface area contributed by atoms with Crippen LogP contribution in [0.25, 0.3) is 16.6 Å². The van der Waals surface area contributed by atoms with E-state index in [1.165, 1.54) is 5.57 Å². The third-order valence-electron chi connectivity index (χ3n) is 3.70. The number of aromatic amines is 1. The number of carbonyl (C=O) groups is 1. The predicted molar refractivity (Wildman–Crippen MR) is 94.2 cm³/mol. The number of ether oxygens (including phenoxy) is 1. The number of hydrogen-bond acceptors (Lipinski definition) is 3. The first-order valence-electron chi connectivity index (χ1n) is 7.63. The largest absolute Gasteiger partial charge is 0.444 e. The fourth-order valence-electron chi connectivity index (χ4n) is 2.65. The Kier molecular flexibility index (Phi) is 4.19. The molecule has 3 heterocycles. The number of pyridine rings is 1. The summed E-state index contributed by atoms with van der Waals surface area (Å²) in [7, 11) is 0. The molecule has 1 aliphatic heterocycles. The molecule has 6 heteroatoms. The van der Waals surface area contributed by atoms with E-state index in [4.69, 9.17) is 4.74 Å². The number of rotatable bonds is 1. The standard InChI is InChI=1S/C17H20BrN3O2/c1-17(2,3)23-16(22)21-6-4-11(5-7-21)14-10-20-15-13(14)8-12(18)9-19-15/h4,8-10H,5-7H2,1-3H3,(H,19,20). The Balaban J connectivity index is 1.78. The van der Waals surface area contributed by atoms with Gasteiger partial charge in [-0.05, 0) is 54.8 Å². The second-order valence-electron chi connectivity index (χ2n) is 6.66. The Morgan fingerprint density at radius 1 is 1.43 bits per heavy atom. The van der Waals surface area contributed by atoms with Gasteiger partial charge in [-0.15, -0.1) is 0 Å². The Labute approximate surface area is 143 Å². The zero-order valence-electron chi connectivity index (χ0n) is 13.5. The van der Waals surface area contributed by atoms with E-state index in [9.17, 15) is 4.79 Å². The third-order valence-corrected chi connectivity index (χ3v) is 4.14. The number of amides is 1. The van der Waals surface area contributed by atoms with Gasteiger partial charge in [0.05, 0.1) is 0 Å². The minimum absolute atomic E-state index is 0.254. The van der Waals surface area contributed by atoms with Crippen LogP contribution >= 0.6 is 15.9 Å². The van der Waals surface area contributed by atoms with Crippen LogP contribution in [0.3, 0.4) is 0 Å². The first-order chi connectivity index (χ1) is 10.8. The van der Waals surface area contributed by atoms with Crippen LogP contribution in [0.5, 0.6) is 0 Å². The van der Waals surface area contributed by atoms with Gasteiger partial charge in [-0.1, -0.05) is 6.08 Å². The highest BCUT2D eigenvalue weighted by Gasteiger charge is 2.24. The van der Waals surface area contributed by atoms with Crippen LogP contribution < -0.4 is 0 Å². The van der Waals surface area contributed by atoms with E-state index < -0.39 is 5.60 Å². The van der Waals surface area contributed by atoms with Gasteiger partial charge in [0.1, 0.15) is 11.2 Å². The lowest BCUT2D eigenvalue weighted by Gasteiger charge is -2.29. The van der Waals surface area contributed by atoms with E-state index in [2.05, 4.69) is 38.0 Å². The highest BCUT2D eigenvalue weighted by Crippen LogP contribution is 2.30. The molecule has 23 heavy (non-hydrogen) atoms. The van der Waals surface area contributed by atoms with Gasteiger partial charge in [-0.25, -0.2) is 9.78 Å². The van der Waals surface area contributed by atoms with Gasteiger partial charge in [0, 0.05) is 40.9 Å². The van der Waals surface area contributed by atoms with Crippen LogP contribution in [-0.2, 0) is 4.74 Å². The summed E-state index contributed by atoms with van der Waals surface area (Å²) in [5.41, 5.74) is 2.79. The Morgan fingerprint density at radius 3 is 2.87 bits per heavy atom. The van der Waals surface area contributed by atoms with E-state index in [-0.39, 0.29) is 6.09 Å². The molecule has 0 saturated carbocycles. The zero-order valence-corrected chi connectivity index (χ0v) is 15.1. The fourth-order valence-corrected chi connectivity index (χ4v) is 2.98. The Hall–Kier alpha value is -1.82. The van der Waals surface area contributed by atoms with Gasteiger partial charge in [-0.3, -0.25) is 0 Å². The molecule has 0 radical (unpaired) electrons. The molecular formula is C17H20BrN3O2. The first-order valence-corrected chi connectivity index (χ1v) is 8.43. The summed E-state index contributed by atoms with van der Waals surface area (Å²) >= 11 is 3.47. The van der Waals surface area contributed by atoms with Gasteiger partial charge < -0.3 is 14.6 Å². The van der Waals surface area contributed by atoms with Crippen molar-refractivity contribution in [2.24, 2.45) is 0 Å². The Morgan fingerprint density at radius 2 is 2.22 bits per heavy atom. The number of nitrogens with one attached hydrogen (secondary N) is 1. The number of nitrogens with zero attached hydrogens (tertiary/aromatic N) is 2. The number of fused-ring (bicyclic) bond motifs is 1. The summed E-state index contributed by atoms with van der Waals surface area (Å²) in [4.78, 5) is 21.4. The number of H-pyrrole nitrogens is 1. The van der Waals surface area contributed by atoms with Crippen LogP contribution in [0.1, 0.15) is 32.8 Å². The van der Waals surface area contributed by atoms with Crippen molar-refractivity contribution in [3.63, 3.8) is 0 Å². The van der Waals surface area contributed by atoms with Crippen molar-refractivity contribution in [2.75, 3.05) is 13.1 Å². The maximum atomic E-state index is 12.1. The number of hydrogen-bond donors (Lipinski definition) is 1. The van der Waals surface area contributed by atoms with Gasteiger partial charge >= 0.3 is 6.09 Å². The van der Waals surface area contributed by atoms with Crippen LogP contribution in [0.4, 0.5) is 4.79 Å². The van der Waals surface area contributed by atoms with Gasteiger partial charge in [0.15, 0.2) is 0 Å². The SMILES string of the molecule is CC(C)(C)OC(=O)N1CC=C(c2c[nH]c3ncc(Br)cc23)CC1. The van der Waals surface area contributed by atoms with Crippen molar-refractivity contribution in [1.82, 2.24) is 14.9 Å². The summed E-state index contributed by atoms with van der Waals surface area (Å²) in [6, 6.07) is 2.06. The van der Waals surface area contributed by atoms with Gasteiger partial charge in [0.25, 0.3) is 0 Å². The van der Waals surface area contributed by atoms with Crippen LogP contribution in [0.2, 0.25) is 0 Å². The summed E-state index contributed by atoms with van der Waals surface area (Å²) in [6.45, 7) is 6.87. The number of carbonyl (C=O) groups excluding carboxylic acids is 1.